The highest BCUT2D eigenvalue weighted by Gasteiger charge is 2.34. The van der Waals surface area contributed by atoms with E-state index in [-0.39, 0.29) is 17.7 Å². The molecule has 0 radical (unpaired) electrons. The summed E-state index contributed by atoms with van der Waals surface area (Å²) >= 11 is 0. The first-order valence-corrected chi connectivity index (χ1v) is 14.9. The van der Waals surface area contributed by atoms with Crippen LogP contribution in [0.3, 0.4) is 0 Å². The molecule has 1 atom stereocenters. The van der Waals surface area contributed by atoms with Crippen LogP contribution in [0.2, 0.25) is 0 Å². The second-order valence-electron chi connectivity index (χ2n) is 8.89. The van der Waals surface area contributed by atoms with Crippen LogP contribution < -0.4 is 21.2 Å². The van der Waals surface area contributed by atoms with E-state index in [0.29, 0.717) is 0 Å². The van der Waals surface area contributed by atoms with Crippen molar-refractivity contribution in [2.45, 2.75) is 13.0 Å². The molecule has 0 saturated heterocycles. The van der Waals surface area contributed by atoms with Crippen molar-refractivity contribution in [1.29, 1.82) is 0 Å². The minimum Gasteiger partial charge on any atom is -0.271 e. The van der Waals surface area contributed by atoms with E-state index in [1.165, 1.54) is 45.7 Å². The highest BCUT2D eigenvalue weighted by Crippen LogP contribution is 2.42. The van der Waals surface area contributed by atoms with Crippen LogP contribution in [-0.4, -0.2) is 23.1 Å². The fourth-order valence-electron chi connectivity index (χ4n) is 4.62. The molecule has 0 spiro atoms. The van der Waals surface area contributed by atoms with Crippen LogP contribution in [0.1, 0.15) is 6.92 Å². The molecule has 4 aromatic rings. The third kappa shape index (κ3) is 5.55. The lowest BCUT2D eigenvalue weighted by Crippen LogP contribution is -2.35. The summed E-state index contributed by atoms with van der Waals surface area (Å²) in [6, 6.07) is 34.9. The van der Waals surface area contributed by atoms with E-state index in [9.17, 15) is 8.78 Å². The van der Waals surface area contributed by atoms with Crippen molar-refractivity contribution in [3.8, 4) is 0 Å². The Hall–Kier alpha value is -3.22. The minimum atomic E-state index is -0.992. The average molecular weight is 527 g/mol. The number of hydrogen-bond donors (Lipinski definition) is 0. The van der Waals surface area contributed by atoms with Crippen LogP contribution in [-0.2, 0) is 0 Å². The summed E-state index contributed by atoms with van der Waals surface area (Å²) in [6.45, 7) is 2.25. The normalized spacial score (nSPS) is 13.8. The molecule has 1 aliphatic rings. The van der Waals surface area contributed by atoms with Crippen LogP contribution in [0, 0.1) is 11.6 Å². The highest BCUT2D eigenvalue weighted by atomic mass is 31.1. The maximum absolute atomic E-state index is 13.8. The number of nitrogens with zero attached hydrogens (tertiary/aromatic N) is 1. The number of rotatable bonds is 7. The molecule has 5 heteroatoms. The summed E-state index contributed by atoms with van der Waals surface area (Å²) in [5, 5.41) is 5.89. The molecule has 1 nitrogen and oxygen atoms in total. The zero-order chi connectivity index (χ0) is 25.8. The molecule has 5 rings (SSSR count). The van der Waals surface area contributed by atoms with Crippen molar-refractivity contribution in [1.82, 2.24) is 4.67 Å². The first-order chi connectivity index (χ1) is 18.0. The van der Waals surface area contributed by atoms with Gasteiger partial charge in [-0.05, 0) is 79.2 Å². The number of benzene rings is 4. The molecular formula is C32H28F2NP2+. The Morgan fingerprint density at radius 2 is 1.14 bits per heavy atom. The number of likely N-dealkylation sites (N-methyl/N-ethyl adjacent to an activating group) is 1. The third-order valence-electron chi connectivity index (χ3n) is 6.56. The van der Waals surface area contributed by atoms with Gasteiger partial charge < -0.3 is 0 Å². The van der Waals surface area contributed by atoms with E-state index in [4.69, 9.17) is 0 Å². The van der Waals surface area contributed by atoms with Crippen LogP contribution in [0.4, 0.5) is 8.78 Å². The maximum atomic E-state index is 13.8. The van der Waals surface area contributed by atoms with Crippen LogP contribution in [0.25, 0.3) is 0 Å². The Morgan fingerprint density at radius 3 is 1.59 bits per heavy atom. The molecular weight excluding hydrogens is 498 g/mol. The SMILES string of the molecule is C[C@@H](C1=CC=CC1=[P+](c1ccc(F)cc1)c1ccc(F)cc1)N(C)P(c1ccccc1)c1ccccc1. The topological polar surface area (TPSA) is 3.24 Å². The number of allylic oxidation sites excluding steroid dienone is 3. The molecule has 0 heterocycles. The van der Waals surface area contributed by atoms with Gasteiger partial charge in [0.25, 0.3) is 0 Å². The van der Waals surface area contributed by atoms with Crippen molar-refractivity contribution in [2.24, 2.45) is 0 Å². The third-order valence-corrected chi connectivity index (χ3v) is 11.6. The predicted octanol–water partition coefficient (Wildman–Crippen LogP) is 6.43. The summed E-state index contributed by atoms with van der Waals surface area (Å²) in [6.07, 6.45) is 6.47. The largest absolute Gasteiger partial charge is 0.271 e. The van der Waals surface area contributed by atoms with E-state index in [1.54, 1.807) is 0 Å². The van der Waals surface area contributed by atoms with Gasteiger partial charge in [0.1, 0.15) is 11.6 Å². The predicted molar refractivity (Wildman–Crippen MR) is 158 cm³/mol. The quantitative estimate of drug-likeness (QED) is 0.251. The van der Waals surface area contributed by atoms with E-state index >= 15 is 0 Å². The van der Waals surface area contributed by atoms with Gasteiger partial charge in [0, 0.05) is 19.7 Å². The Bertz CT molecular complexity index is 1360. The fraction of sp³-hybridized carbons (Fsp3) is 0.0938. The zero-order valence-electron chi connectivity index (χ0n) is 20.8. The molecule has 4 aromatic carbocycles. The van der Waals surface area contributed by atoms with Crippen LogP contribution >= 0.6 is 15.6 Å². The standard InChI is InChI=1S/C32H28F2NP2/c1-24(35(2)37(29-10-5-3-6-11-29)30-12-7-4-8-13-30)31-14-9-15-32(31)36(27-20-16-25(33)17-21-27)28-22-18-26(34)19-23-28/h3-24H,1-2H3/q+1/t24-/m0/s1. The highest BCUT2D eigenvalue weighted by molar-refractivity contribution is 7.74. The van der Waals surface area contributed by atoms with Crippen molar-refractivity contribution < 1.29 is 8.78 Å². The lowest BCUT2D eigenvalue weighted by atomic mass is 10.1. The molecule has 0 aromatic heterocycles. The first kappa shape index (κ1) is 25.4. The van der Waals surface area contributed by atoms with Gasteiger partial charge in [0.2, 0.25) is 0 Å². The molecule has 0 bridgehead atoms. The summed E-state index contributed by atoms with van der Waals surface area (Å²) in [7, 11) is 0.444. The lowest BCUT2D eigenvalue weighted by Gasteiger charge is -2.34. The van der Waals surface area contributed by atoms with E-state index in [2.05, 4.69) is 97.5 Å². The fourth-order valence-corrected chi connectivity index (χ4v) is 9.53. The summed E-state index contributed by atoms with van der Waals surface area (Å²) in [5.41, 5.74) is 1.24. The van der Waals surface area contributed by atoms with Crippen molar-refractivity contribution >= 4 is 42.1 Å². The van der Waals surface area contributed by atoms with Gasteiger partial charge in [0.05, 0.1) is 0 Å². The maximum Gasteiger partial charge on any atom is 0.178 e. The minimum absolute atomic E-state index is 0.113. The second kappa shape index (κ2) is 11.4. The Kier molecular flexibility index (Phi) is 7.87. The molecule has 37 heavy (non-hydrogen) atoms. The Labute approximate surface area is 220 Å². The van der Waals surface area contributed by atoms with E-state index < -0.39 is 15.6 Å². The van der Waals surface area contributed by atoms with E-state index in [0.717, 1.165) is 10.6 Å². The van der Waals surface area contributed by atoms with Crippen molar-refractivity contribution in [3.05, 3.63) is 145 Å². The average Bonchev–Trinajstić information content (AvgIpc) is 3.41. The molecule has 0 saturated carbocycles. The van der Waals surface area contributed by atoms with Gasteiger partial charge in [-0.1, -0.05) is 72.8 Å². The molecule has 0 amide bonds. The van der Waals surface area contributed by atoms with Gasteiger partial charge in [-0.15, -0.1) is 0 Å². The second-order valence-corrected chi connectivity index (χ2v) is 13.4. The molecule has 0 fully saturated rings. The van der Waals surface area contributed by atoms with Crippen LogP contribution in [0.5, 0.6) is 0 Å². The molecule has 1 aliphatic carbocycles. The monoisotopic (exact) mass is 526 g/mol. The van der Waals surface area contributed by atoms with Crippen LogP contribution in [0.15, 0.2) is 133 Å². The van der Waals surface area contributed by atoms with E-state index in [1.807, 2.05) is 24.3 Å². The Morgan fingerprint density at radius 1 is 0.676 bits per heavy atom. The van der Waals surface area contributed by atoms with Gasteiger partial charge in [-0.25, -0.2) is 8.78 Å². The number of halogens is 2. The van der Waals surface area contributed by atoms with Crippen molar-refractivity contribution in [2.75, 3.05) is 7.05 Å². The molecule has 184 valence electrons. The molecule has 0 unspecified atom stereocenters. The molecule has 0 N–H and O–H groups in total. The first-order valence-electron chi connectivity index (χ1n) is 12.2. The summed E-state index contributed by atoms with van der Waals surface area (Å²) in [4.78, 5) is 0. The van der Waals surface area contributed by atoms with Crippen molar-refractivity contribution in [3.63, 3.8) is 0 Å². The molecule has 0 aliphatic heterocycles. The summed E-state index contributed by atoms with van der Waals surface area (Å²) in [5.74, 6) is -0.519. The Balaban J connectivity index is 1.60. The number of hydrogen-bond acceptors (Lipinski definition) is 1. The smallest absolute Gasteiger partial charge is 0.178 e. The lowest BCUT2D eigenvalue weighted by molar-refractivity contribution is 0.490. The van der Waals surface area contributed by atoms with Gasteiger partial charge >= 0.3 is 0 Å². The zero-order valence-corrected chi connectivity index (χ0v) is 22.6. The van der Waals surface area contributed by atoms with Gasteiger partial charge in [-0.2, -0.15) is 0 Å². The van der Waals surface area contributed by atoms with Gasteiger partial charge in [0.15, 0.2) is 23.4 Å². The van der Waals surface area contributed by atoms with Gasteiger partial charge in [-0.3, -0.25) is 4.67 Å². The summed E-state index contributed by atoms with van der Waals surface area (Å²) < 4.78 is 30.1.